The molecule has 3 N–H and O–H groups in total. The Morgan fingerprint density at radius 1 is 1.33 bits per heavy atom. The summed E-state index contributed by atoms with van der Waals surface area (Å²) in [6, 6.07) is 7.60. The van der Waals surface area contributed by atoms with Crippen LogP contribution < -0.4 is 11.1 Å². The molecule has 1 rings (SSSR count). The molecule has 0 fully saturated rings. The van der Waals surface area contributed by atoms with Crippen molar-refractivity contribution >= 4 is 11.6 Å². The van der Waals surface area contributed by atoms with E-state index in [1.807, 2.05) is 31.2 Å². The van der Waals surface area contributed by atoms with Crippen LogP contribution in [0.2, 0.25) is 0 Å². The number of rotatable bonds is 4. The Bertz CT molecular complexity index is 492. The van der Waals surface area contributed by atoms with E-state index in [0.717, 1.165) is 11.3 Å². The molecule has 0 heterocycles. The topological polar surface area (TPSA) is 55.1 Å². The number of carbonyl (C=O) groups is 1. The number of nitrogens with one attached hydrogen (secondary N) is 1. The average molecular weight is 242 g/mol. The Labute approximate surface area is 108 Å². The maximum absolute atomic E-state index is 12.0. The van der Waals surface area contributed by atoms with E-state index >= 15 is 0 Å². The van der Waals surface area contributed by atoms with E-state index in [0.29, 0.717) is 11.3 Å². The highest BCUT2D eigenvalue weighted by atomic mass is 16.1. The number of aryl methyl sites for hydroxylation is 1. The largest absolute Gasteiger partial charge is 0.402 e. The SMILES string of the molecule is C=C/C=C(\C=C(/C)N)C(=O)Nc1ccc(C)cc1. The molecule has 0 bridgehead atoms. The normalized spacial score (nSPS) is 12.1. The van der Waals surface area contributed by atoms with E-state index in [1.54, 1.807) is 25.2 Å². The molecule has 1 aromatic carbocycles. The Hall–Kier alpha value is -2.29. The first-order chi connectivity index (χ1) is 8.52. The van der Waals surface area contributed by atoms with Gasteiger partial charge in [-0.1, -0.05) is 30.4 Å². The molecule has 0 radical (unpaired) electrons. The third kappa shape index (κ3) is 4.29. The summed E-state index contributed by atoms with van der Waals surface area (Å²) in [5.41, 5.74) is 8.53. The number of allylic oxidation sites excluding steroid dienone is 3. The highest BCUT2D eigenvalue weighted by molar-refractivity contribution is 6.06. The van der Waals surface area contributed by atoms with Crippen molar-refractivity contribution in [1.82, 2.24) is 0 Å². The molecule has 1 aromatic rings. The maximum atomic E-state index is 12.0. The van der Waals surface area contributed by atoms with Crippen LogP contribution in [0.15, 0.2) is 60.3 Å². The van der Waals surface area contributed by atoms with E-state index in [9.17, 15) is 4.79 Å². The minimum atomic E-state index is -0.205. The standard InChI is InChI=1S/C15H18N2O/c1-4-5-13(10-12(3)16)15(18)17-14-8-6-11(2)7-9-14/h4-10H,1,16H2,2-3H3,(H,17,18)/b12-10+,13-5+. The van der Waals surface area contributed by atoms with Gasteiger partial charge in [-0.3, -0.25) is 4.79 Å². The smallest absolute Gasteiger partial charge is 0.255 e. The molecule has 0 unspecified atom stereocenters. The summed E-state index contributed by atoms with van der Waals surface area (Å²) >= 11 is 0. The highest BCUT2D eigenvalue weighted by Gasteiger charge is 2.06. The average Bonchev–Trinajstić information content (AvgIpc) is 2.31. The number of hydrogen-bond acceptors (Lipinski definition) is 2. The lowest BCUT2D eigenvalue weighted by Gasteiger charge is -2.06. The molecule has 0 aliphatic heterocycles. The number of nitrogens with two attached hydrogens (primary N) is 1. The molecule has 1 amide bonds. The summed E-state index contributed by atoms with van der Waals surface area (Å²) in [6.07, 6.45) is 4.80. The first kappa shape index (κ1) is 13.8. The second-order valence-electron chi connectivity index (χ2n) is 4.07. The Kier molecular flexibility index (Phi) is 4.93. The van der Waals surface area contributed by atoms with E-state index < -0.39 is 0 Å². The predicted octanol–water partition coefficient (Wildman–Crippen LogP) is 2.91. The van der Waals surface area contributed by atoms with E-state index in [4.69, 9.17) is 5.73 Å². The molecule has 0 spiro atoms. The molecule has 0 aliphatic carbocycles. The maximum Gasteiger partial charge on any atom is 0.255 e. The van der Waals surface area contributed by atoms with Crippen LogP contribution in [-0.4, -0.2) is 5.91 Å². The van der Waals surface area contributed by atoms with Crippen molar-refractivity contribution < 1.29 is 4.79 Å². The van der Waals surface area contributed by atoms with Crippen LogP contribution in [0.1, 0.15) is 12.5 Å². The van der Waals surface area contributed by atoms with Gasteiger partial charge in [0.1, 0.15) is 0 Å². The van der Waals surface area contributed by atoms with Crippen LogP contribution in [0.25, 0.3) is 0 Å². The lowest BCUT2D eigenvalue weighted by molar-refractivity contribution is -0.112. The lowest BCUT2D eigenvalue weighted by atomic mass is 10.1. The fourth-order valence-corrected chi connectivity index (χ4v) is 1.40. The molecule has 0 atom stereocenters. The van der Waals surface area contributed by atoms with Crippen LogP contribution in [0.5, 0.6) is 0 Å². The van der Waals surface area contributed by atoms with E-state index in [1.165, 1.54) is 0 Å². The first-order valence-corrected chi connectivity index (χ1v) is 5.67. The van der Waals surface area contributed by atoms with Crippen molar-refractivity contribution in [3.8, 4) is 0 Å². The molecular weight excluding hydrogens is 224 g/mol. The van der Waals surface area contributed by atoms with Crippen LogP contribution >= 0.6 is 0 Å². The molecule has 3 nitrogen and oxygen atoms in total. The zero-order chi connectivity index (χ0) is 13.5. The van der Waals surface area contributed by atoms with Gasteiger partial charge >= 0.3 is 0 Å². The van der Waals surface area contributed by atoms with Crippen molar-refractivity contribution in [2.24, 2.45) is 5.73 Å². The molecule has 18 heavy (non-hydrogen) atoms. The van der Waals surface area contributed by atoms with Gasteiger partial charge in [-0.15, -0.1) is 0 Å². The third-order valence-corrected chi connectivity index (χ3v) is 2.25. The van der Waals surface area contributed by atoms with Crippen molar-refractivity contribution in [2.45, 2.75) is 13.8 Å². The fraction of sp³-hybridized carbons (Fsp3) is 0.133. The summed E-state index contributed by atoms with van der Waals surface area (Å²) in [5, 5.41) is 2.80. The molecule has 0 saturated carbocycles. The van der Waals surface area contributed by atoms with Gasteiger partial charge in [0.25, 0.3) is 5.91 Å². The van der Waals surface area contributed by atoms with Gasteiger partial charge in [-0.25, -0.2) is 0 Å². The quantitative estimate of drug-likeness (QED) is 0.630. The zero-order valence-electron chi connectivity index (χ0n) is 10.7. The van der Waals surface area contributed by atoms with E-state index in [-0.39, 0.29) is 5.91 Å². The van der Waals surface area contributed by atoms with Gasteiger partial charge < -0.3 is 11.1 Å². The Morgan fingerprint density at radius 2 is 1.94 bits per heavy atom. The van der Waals surface area contributed by atoms with Gasteiger partial charge in [0.15, 0.2) is 0 Å². The monoisotopic (exact) mass is 242 g/mol. The summed E-state index contributed by atoms with van der Waals surface area (Å²) in [5.74, 6) is -0.205. The predicted molar refractivity (Wildman–Crippen MR) is 76.0 cm³/mol. The van der Waals surface area contributed by atoms with Crippen molar-refractivity contribution in [2.75, 3.05) is 5.32 Å². The Balaban J connectivity index is 2.86. The summed E-state index contributed by atoms with van der Waals surface area (Å²) in [6.45, 7) is 7.31. The minimum Gasteiger partial charge on any atom is -0.402 e. The van der Waals surface area contributed by atoms with Crippen molar-refractivity contribution in [3.05, 3.63) is 65.9 Å². The number of benzene rings is 1. The Morgan fingerprint density at radius 3 is 2.44 bits per heavy atom. The third-order valence-electron chi connectivity index (χ3n) is 2.25. The molecule has 3 heteroatoms. The number of carbonyl (C=O) groups excluding carboxylic acids is 1. The number of anilines is 1. The molecule has 0 saturated heterocycles. The molecule has 94 valence electrons. The molecule has 0 aromatic heterocycles. The van der Waals surface area contributed by atoms with Gasteiger partial charge in [0, 0.05) is 17.0 Å². The van der Waals surface area contributed by atoms with Crippen molar-refractivity contribution in [1.29, 1.82) is 0 Å². The van der Waals surface area contributed by atoms with Crippen LogP contribution in [-0.2, 0) is 4.79 Å². The summed E-state index contributed by atoms with van der Waals surface area (Å²) in [7, 11) is 0. The summed E-state index contributed by atoms with van der Waals surface area (Å²) < 4.78 is 0. The molecule has 0 aliphatic rings. The lowest BCUT2D eigenvalue weighted by Crippen LogP contribution is -2.14. The fourth-order valence-electron chi connectivity index (χ4n) is 1.40. The van der Waals surface area contributed by atoms with Gasteiger partial charge in [-0.2, -0.15) is 0 Å². The molecular formula is C15H18N2O. The van der Waals surface area contributed by atoms with E-state index in [2.05, 4.69) is 11.9 Å². The van der Waals surface area contributed by atoms with Crippen molar-refractivity contribution in [3.63, 3.8) is 0 Å². The highest BCUT2D eigenvalue weighted by Crippen LogP contribution is 2.11. The second kappa shape index (κ2) is 6.45. The minimum absolute atomic E-state index is 0.205. The zero-order valence-corrected chi connectivity index (χ0v) is 10.7. The number of hydrogen-bond donors (Lipinski definition) is 2. The van der Waals surface area contributed by atoms with Gasteiger partial charge in [-0.05, 0) is 38.1 Å². The van der Waals surface area contributed by atoms with Gasteiger partial charge in [0.2, 0.25) is 0 Å². The van der Waals surface area contributed by atoms with Crippen LogP contribution in [0.4, 0.5) is 5.69 Å². The second-order valence-corrected chi connectivity index (χ2v) is 4.07. The van der Waals surface area contributed by atoms with Gasteiger partial charge in [0.05, 0.1) is 0 Å². The summed E-state index contributed by atoms with van der Waals surface area (Å²) in [4.78, 5) is 12.0. The first-order valence-electron chi connectivity index (χ1n) is 5.67. The number of amides is 1. The van der Waals surface area contributed by atoms with Crippen LogP contribution in [0, 0.1) is 6.92 Å². The van der Waals surface area contributed by atoms with Crippen LogP contribution in [0.3, 0.4) is 0 Å².